The van der Waals surface area contributed by atoms with Gasteiger partial charge in [0, 0.05) is 11.1 Å². The van der Waals surface area contributed by atoms with Crippen molar-refractivity contribution in [3.8, 4) is 11.8 Å². The number of aliphatic hydroxyl groups is 1. The average molecular weight is 391 g/mol. The van der Waals surface area contributed by atoms with E-state index < -0.39 is 17.6 Å². The van der Waals surface area contributed by atoms with Gasteiger partial charge in [-0.05, 0) is 55.5 Å². The number of benzene rings is 2. The normalized spacial score (nSPS) is 16.2. The van der Waals surface area contributed by atoms with Crippen molar-refractivity contribution >= 4 is 11.9 Å². The Balaban J connectivity index is 1.68. The highest BCUT2D eigenvalue weighted by molar-refractivity contribution is 5.94. The number of amides is 1. The Bertz CT molecular complexity index is 903. The van der Waals surface area contributed by atoms with Crippen LogP contribution in [0.3, 0.4) is 0 Å². The molecule has 150 valence electrons. The predicted molar refractivity (Wildman–Crippen MR) is 110 cm³/mol. The van der Waals surface area contributed by atoms with Crippen LogP contribution in [0.5, 0.6) is 0 Å². The molecule has 29 heavy (non-hydrogen) atoms. The van der Waals surface area contributed by atoms with Crippen molar-refractivity contribution < 1.29 is 19.8 Å². The largest absolute Gasteiger partial charge is 0.481 e. The van der Waals surface area contributed by atoms with Crippen molar-refractivity contribution in [2.45, 2.75) is 50.2 Å². The van der Waals surface area contributed by atoms with E-state index in [4.69, 9.17) is 5.11 Å². The first-order valence-electron chi connectivity index (χ1n) is 9.88. The summed E-state index contributed by atoms with van der Waals surface area (Å²) >= 11 is 0. The summed E-state index contributed by atoms with van der Waals surface area (Å²) in [7, 11) is 0. The van der Waals surface area contributed by atoms with Gasteiger partial charge in [-0.2, -0.15) is 0 Å². The molecule has 0 unspecified atom stereocenters. The molecule has 1 aliphatic rings. The quantitative estimate of drug-likeness (QED) is 0.679. The van der Waals surface area contributed by atoms with Crippen molar-refractivity contribution in [2.75, 3.05) is 0 Å². The Morgan fingerprint density at radius 3 is 2.28 bits per heavy atom. The summed E-state index contributed by atoms with van der Waals surface area (Å²) in [5, 5.41) is 22.4. The summed E-state index contributed by atoms with van der Waals surface area (Å²) in [6, 6.07) is 15.2. The molecule has 0 bridgehead atoms. The van der Waals surface area contributed by atoms with E-state index in [1.165, 1.54) is 0 Å². The van der Waals surface area contributed by atoms with Crippen molar-refractivity contribution in [1.29, 1.82) is 0 Å². The van der Waals surface area contributed by atoms with E-state index in [-0.39, 0.29) is 12.3 Å². The monoisotopic (exact) mass is 391 g/mol. The molecule has 1 atom stereocenters. The first-order valence-corrected chi connectivity index (χ1v) is 9.88. The molecule has 0 aliphatic heterocycles. The van der Waals surface area contributed by atoms with Gasteiger partial charge in [0.05, 0.1) is 12.5 Å². The maximum atomic E-state index is 12.6. The third-order valence-electron chi connectivity index (χ3n) is 5.15. The topological polar surface area (TPSA) is 86.6 Å². The number of carbonyl (C=O) groups is 2. The molecule has 0 aromatic heterocycles. The molecule has 5 nitrogen and oxygen atoms in total. The van der Waals surface area contributed by atoms with Gasteiger partial charge in [-0.25, -0.2) is 0 Å². The highest BCUT2D eigenvalue weighted by atomic mass is 16.4. The SMILES string of the molecule is O=C(O)C[C@H](NC(=O)c1ccc(C#CC2(O)CCCCC2)cc1)c1ccccc1. The lowest BCUT2D eigenvalue weighted by Gasteiger charge is -2.26. The Labute approximate surface area is 170 Å². The zero-order valence-corrected chi connectivity index (χ0v) is 16.2. The highest BCUT2D eigenvalue weighted by Crippen LogP contribution is 2.27. The van der Waals surface area contributed by atoms with Gasteiger partial charge in [0.1, 0.15) is 5.60 Å². The van der Waals surface area contributed by atoms with Gasteiger partial charge in [0.25, 0.3) is 5.91 Å². The van der Waals surface area contributed by atoms with Gasteiger partial charge in [-0.3, -0.25) is 9.59 Å². The van der Waals surface area contributed by atoms with Gasteiger partial charge < -0.3 is 15.5 Å². The molecule has 5 heteroatoms. The van der Waals surface area contributed by atoms with Crippen molar-refractivity contribution in [3.05, 3.63) is 71.3 Å². The first-order chi connectivity index (χ1) is 14.0. The molecule has 2 aromatic rings. The van der Waals surface area contributed by atoms with Crippen molar-refractivity contribution in [2.24, 2.45) is 0 Å². The van der Waals surface area contributed by atoms with Gasteiger partial charge in [-0.15, -0.1) is 0 Å². The molecule has 0 heterocycles. The van der Waals surface area contributed by atoms with Gasteiger partial charge in [-0.1, -0.05) is 48.6 Å². The summed E-state index contributed by atoms with van der Waals surface area (Å²) in [6.45, 7) is 0. The van der Waals surface area contributed by atoms with Crippen LogP contribution >= 0.6 is 0 Å². The molecule has 2 aromatic carbocycles. The van der Waals surface area contributed by atoms with Crippen LogP contribution < -0.4 is 5.32 Å². The van der Waals surface area contributed by atoms with E-state index in [1.54, 1.807) is 36.4 Å². The smallest absolute Gasteiger partial charge is 0.305 e. The van der Waals surface area contributed by atoms with Crippen LogP contribution in [0, 0.1) is 11.8 Å². The minimum absolute atomic E-state index is 0.197. The van der Waals surface area contributed by atoms with E-state index in [9.17, 15) is 14.7 Å². The Morgan fingerprint density at radius 1 is 1.00 bits per heavy atom. The van der Waals surface area contributed by atoms with Crippen LogP contribution in [0.25, 0.3) is 0 Å². The van der Waals surface area contributed by atoms with Crippen LogP contribution in [0.2, 0.25) is 0 Å². The van der Waals surface area contributed by atoms with E-state index in [1.807, 2.05) is 18.2 Å². The minimum atomic E-state index is -0.981. The van der Waals surface area contributed by atoms with Gasteiger partial charge >= 0.3 is 5.97 Å². The molecule has 1 fully saturated rings. The van der Waals surface area contributed by atoms with E-state index in [0.717, 1.165) is 30.4 Å². The van der Waals surface area contributed by atoms with Gasteiger partial charge in [0.2, 0.25) is 0 Å². The number of aliphatic carboxylic acids is 1. The fraction of sp³-hybridized carbons (Fsp3) is 0.333. The summed E-state index contributed by atoms with van der Waals surface area (Å²) in [4.78, 5) is 23.8. The van der Waals surface area contributed by atoms with Crippen LogP contribution in [-0.2, 0) is 4.79 Å². The first kappa shape index (κ1) is 20.6. The Hall–Kier alpha value is -3.10. The second-order valence-corrected chi connectivity index (χ2v) is 7.45. The molecule has 0 saturated heterocycles. The maximum Gasteiger partial charge on any atom is 0.305 e. The van der Waals surface area contributed by atoms with Crippen LogP contribution in [0.4, 0.5) is 0 Å². The number of rotatable bonds is 5. The highest BCUT2D eigenvalue weighted by Gasteiger charge is 2.26. The summed E-state index contributed by atoms with van der Waals surface area (Å²) < 4.78 is 0. The number of carboxylic acids is 1. The lowest BCUT2D eigenvalue weighted by atomic mass is 9.85. The Kier molecular flexibility index (Phi) is 6.69. The lowest BCUT2D eigenvalue weighted by Crippen LogP contribution is -2.30. The second-order valence-electron chi connectivity index (χ2n) is 7.45. The van der Waals surface area contributed by atoms with Gasteiger partial charge in [0.15, 0.2) is 0 Å². The van der Waals surface area contributed by atoms with E-state index in [2.05, 4.69) is 17.2 Å². The summed E-state index contributed by atoms with van der Waals surface area (Å²) in [5.74, 6) is 4.66. The molecular weight excluding hydrogens is 366 g/mol. The van der Waals surface area contributed by atoms with Crippen molar-refractivity contribution in [3.63, 3.8) is 0 Å². The standard InChI is InChI=1S/C24H25NO4/c26-22(27)17-21(19-7-3-1-4-8-19)25-23(28)20-11-9-18(10-12-20)13-16-24(29)14-5-2-6-15-24/h1,3-4,7-12,21,29H,2,5-6,14-15,17H2,(H,25,28)(H,26,27)/t21-/m0/s1. The molecular formula is C24H25NO4. The molecule has 1 saturated carbocycles. The third kappa shape index (κ3) is 5.94. The van der Waals surface area contributed by atoms with E-state index in [0.29, 0.717) is 18.4 Å². The summed E-state index contributed by atoms with van der Waals surface area (Å²) in [6.07, 6.45) is 4.32. The fourth-order valence-corrected chi connectivity index (χ4v) is 3.51. The number of hydrogen-bond donors (Lipinski definition) is 3. The zero-order chi connectivity index (χ0) is 20.7. The molecule has 1 amide bonds. The molecule has 3 rings (SSSR count). The minimum Gasteiger partial charge on any atom is -0.481 e. The number of nitrogens with one attached hydrogen (secondary N) is 1. The predicted octanol–water partition coefficient (Wildman–Crippen LogP) is 3.68. The molecule has 0 radical (unpaired) electrons. The zero-order valence-electron chi connectivity index (χ0n) is 16.2. The second kappa shape index (κ2) is 9.40. The van der Waals surface area contributed by atoms with Crippen molar-refractivity contribution in [1.82, 2.24) is 5.32 Å². The number of carbonyl (C=O) groups excluding carboxylic acids is 1. The average Bonchev–Trinajstić information content (AvgIpc) is 2.73. The third-order valence-corrected chi connectivity index (χ3v) is 5.15. The molecule has 0 spiro atoms. The van der Waals surface area contributed by atoms with E-state index >= 15 is 0 Å². The molecule has 3 N–H and O–H groups in total. The van der Waals surface area contributed by atoms with Crippen LogP contribution in [-0.4, -0.2) is 27.7 Å². The number of carboxylic acid groups (broad SMARTS) is 1. The Morgan fingerprint density at radius 2 is 1.66 bits per heavy atom. The lowest BCUT2D eigenvalue weighted by molar-refractivity contribution is -0.137. The fourth-order valence-electron chi connectivity index (χ4n) is 3.51. The maximum absolute atomic E-state index is 12.6. The van der Waals surface area contributed by atoms with Crippen LogP contribution in [0.1, 0.15) is 66.1 Å². The summed E-state index contributed by atoms with van der Waals surface area (Å²) in [5.41, 5.74) is 0.990. The molecule has 1 aliphatic carbocycles. The number of hydrogen-bond acceptors (Lipinski definition) is 3. The van der Waals surface area contributed by atoms with Crippen LogP contribution in [0.15, 0.2) is 54.6 Å².